The predicted molar refractivity (Wildman–Crippen MR) is 77.0 cm³/mol. The Morgan fingerprint density at radius 2 is 1.95 bits per heavy atom. The topological polar surface area (TPSA) is 41.1 Å². The molecule has 2 N–H and O–H groups in total. The second-order valence-corrected chi connectivity index (χ2v) is 5.99. The molecule has 0 atom stereocenters. The van der Waals surface area contributed by atoms with Crippen LogP contribution < -0.4 is 10.6 Å². The molecule has 0 aromatic heterocycles. The molecule has 0 radical (unpaired) electrons. The summed E-state index contributed by atoms with van der Waals surface area (Å²) >= 11 is 0. The van der Waals surface area contributed by atoms with Crippen molar-refractivity contribution in [2.24, 2.45) is 11.8 Å². The summed E-state index contributed by atoms with van der Waals surface area (Å²) in [5.74, 6) is 1.65. The lowest BCUT2D eigenvalue weighted by atomic mass is 10.1. The SMILES string of the molecule is Cc1cccc(NCC(=O)NC(C2CC2)C2CC2)c1. The van der Waals surface area contributed by atoms with Gasteiger partial charge in [-0.3, -0.25) is 4.79 Å². The summed E-state index contributed by atoms with van der Waals surface area (Å²) in [5, 5.41) is 6.42. The highest BCUT2D eigenvalue weighted by molar-refractivity contribution is 5.81. The van der Waals surface area contributed by atoms with Crippen LogP contribution in [0.5, 0.6) is 0 Å². The van der Waals surface area contributed by atoms with Crippen molar-refractivity contribution in [1.82, 2.24) is 5.32 Å². The zero-order valence-corrected chi connectivity index (χ0v) is 11.5. The fraction of sp³-hybridized carbons (Fsp3) is 0.562. The lowest BCUT2D eigenvalue weighted by Crippen LogP contribution is -2.41. The molecule has 2 fully saturated rings. The monoisotopic (exact) mass is 258 g/mol. The van der Waals surface area contributed by atoms with Gasteiger partial charge in [0.05, 0.1) is 6.54 Å². The fourth-order valence-electron chi connectivity index (χ4n) is 2.71. The third kappa shape index (κ3) is 3.49. The van der Waals surface area contributed by atoms with Gasteiger partial charge in [0.2, 0.25) is 5.91 Å². The molecule has 3 heteroatoms. The number of carbonyl (C=O) groups excluding carboxylic acids is 1. The van der Waals surface area contributed by atoms with E-state index in [9.17, 15) is 4.79 Å². The third-order valence-corrected chi connectivity index (χ3v) is 4.06. The normalized spacial score (nSPS) is 18.4. The zero-order chi connectivity index (χ0) is 13.2. The van der Waals surface area contributed by atoms with E-state index in [0.29, 0.717) is 12.6 Å². The average Bonchev–Trinajstić information content (AvgIpc) is 3.27. The van der Waals surface area contributed by atoms with E-state index < -0.39 is 0 Å². The van der Waals surface area contributed by atoms with E-state index in [4.69, 9.17) is 0 Å². The van der Waals surface area contributed by atoms with Crippen LogP contribution in [-0.2, 0) is 4.79 Å². The zero-order valence-electron chi connectivity index (χ0n) is 11.5. The van der Waals surface area contributed by atoms with E-state index in [-0.39, 0.29) is 5.91 Å². The van der Waals surface area contributed by atoms with Gasteiger partial charge in [0.1, 0.15) is 0 Å². The van der Waals surface area contributed by atoms with Crippen molar-refractivity contribution in [2.75, 3.05) is 11.9 Å². The number of nitrogens with one attached hydrogen (secondary N) is 2. The van der Waals surface area contributed by atoms with E-state index in [1.165, 1.54) is 31.2 Å². The van der Waals surface area contributed by atoms with Gasteiger partial charge in [-0.1, -0.05) is 12.1 Å². The number of aryl methyl sites for hydroxylation is 1. The maximum atomic E-state index is 12.0. The van der Waals surface area contributed by atoms with Crippen molar-refractivity contribution in [2.45, 2.75) is 38.6 Å². The molecule has 0 heterocycles. The average molecular weight is 258 g/mol. The Hall–Kier alpha value is -1.51. The van der Waals surface area contributed by atoms with Gasteiger partial charge in [-0.15, -0.1) is 0 Å². The van der Waals surface area contributed by atoms with E-state index in [1.54, 1.807) is 0 Å². The quantitative estimate of drug-likeness (QED) is 0.823. The van der Waals surface area contributed by atoms with Gasteiger partial charge in [-0.05, 0) is 62.1 Å². The van der Waals surface area contributed by atoms with Crippen molar-refractivity contribution in [3.8, 4) is 0 Å². The summed E-state index contributed by atoms with van der Waals surface area (Å²) in [5.41, 5.74) is 2.23. The van der Waals surface area contributed by atoms with Crippen molar-refractivity contribution in [3.05, 3.63) is 29.8 Å². The van der Waals surface area contributed by atoms with Crippen molar-refractivity contribution in [3.63, 3.8) is 0 Å². The van der Waals surface area contributed by atoms with Crippen molar-refractivity contribution >= 4 is 11.6 Å². The van der Waals surface area contributed by atoms with Crippen LogP contribution in [0.15, 0.2) is 24.3 Å². The van der Waals surface area contributed by atoms with E-state index >= 15 is 0 Å². The first-order valence-electron chi connectivity index (χ1n) is 7.32. The Balaban J connectivity index is 1.48. The van der Waals surface area contributed by atoms with Crippen LogP contribution >= 0.6 is 0 Å². The summed E-state index contributed by atoms with van der Waals surface area (Å²) in [6.07, 6.45) is 5.19. The van der Waals surface area contributed by atoms with Gasteiger partial charge in [0, 0.05) is 11.7 Å². The van der Waals surface area contributed by atoms with Crippen molar-refractivity contribution < 1.29 is 4.79 Å². The molecule has 2 aliphatic rings. The van der Waals surface area contributed by atoms with E-state index in [2.05, 4.69) is 29.7 Å². The van der Waals surface area contributed by atoms with Crippen LogP contribution in [0.25, 0.3) is 0 Å². The Labute approximate surface area is 114 Å². The molecule has 2 saturated carbocycles. The number of hydrogen-bond donors (Lipinski definition) is 2. The van der Waals surface area contributed by atoms with Gasteiger partial charge in [-0.25, -0.2) is 0 Å². The molecule has 102 valence electrons. The number of hydrogen-bond acceptors (Lipinski definition) is 2. The summed E-state index contributed by atoms with van der Waals surface area (Å²) in [6.45, 7) is 2.43. The van der Waals surface area contributed by atoms with Gasteiger partial charge >= 0.3 is 0 Å². The second-order valence-electron chi connectivity index (χ2n) is 5.99. The second kappa shape index (κ2) is 5.24. The first kappa shape index (κ1) is 12.5. The molecule has 1 amide bonds. The molecule has 3 nitrogen and oxygen atoms in total. The summed E-state index contributed by atoms with van der Waals surface area (Å²) in [6, 6.07) is 8.58. The molecule has 0 unspecified atom stereocenters. The number of rotatable bonds is 6. The molecular formula is C16H22N2O. The number of anilines is 1. The minimum atomic E-state index is 0.130. The van der Waals surface area contributed by atoms with Crippen LogP contribution in [0.4, 0.5) is 5.69 Å². The number of amides is 1. The van der Waals surface area contributed by atoms with E-state index in [1.807, 2.05) is 12.1 Å². The summed E-state index contributed by atoms with van der Waals surface area (Å²) < 4.78 is 0. The molecule has 1 aromatic carbocycles. The highest BCUT2D eigenvalue weighted by Gasteiger charge is 2.42. The van der Waals surface area contributed by atoms with Gasteiger partial charge in [0.25, 0.3) is 0 Å². The highest BCUT2D eigenvalue weighted by Crippen LogP contribution is 2.44. The minimum absolute atomic E-state index is 0.130. The van der Waals surface area contributed by atoms with Crippen LogP contribution in [0.3, 0.4) is 0 Å². The first-order chi connectivity index (χ1) is 9.22. The number of carbonyl (C=O) groups is 1. The molecule has 0 aliphatic heterocycles. The fourth-order valence-corrected chi connectivity index (χ4v) is 2.71. The molecule has 3 rings (SSSR count). The molecular weight excluding hydrogens is 236 g/mol. The Morgan fingerprint density at radius 1 is 1.26 bits per heavy atom. The van der Waals surface area contributed by atoms with Crippen LogP contribution in [-0.4, -0.2) is 18.5 Å². The number of benzene rings is 1. The highest BCUT2D eigenvalue weighted by atomic mass is 16.2. The lowest BCUT2D eigenvalue weighted by Gasteiger charge is -2.18. The smallest absolute Gasteiger partial charge is 0.239 e. The molecule has 2 aliphatic carbocycles. The molecule has 0 spiro atoms. The van der Waals surface area contributed by atoms with Crippen LogP contribution in [0, 0.1) is 18.8 Å². The maximum Gasteiger partial charge on any atom is 0.239 e. The van der Waals surface area contributed by atoms with E-state index in [0.717, 1.165) is 17.5 Å². The third-order valence-electron chi connectivity index (χ3n) is 4.06. The minimum Gasteiger partial charge on any atom is -0.376 e. The Morgan fingerprint density at radius 3 is 2.53 bits per heavy atom. The standard InChI is InChI=1S/C16H22N2O/c1-11-3-2-4-14(9-11)17-10-15(19)18-16(12-5-6-12)13-7-8-13/h2-4,9,12-13,16-17H,5-8,10H2,1H3,(H,18,19). The van der Waals surface area contributed by atoms with Crippen LogP contribution in [0.2, 0.25) is 0 Å². The molecule has 0 bridgehead atoms. The molecule has 0 saturated heterocycles. The van der Waals surface area contributed by atoms with Gasteiger partial charge in [-0.2, -0.15) is 0 Å². The Bertz CT molecular complexity index is 452. The summed E-state index contributed by atoms with van der Waals surface area (Å²) in [7, 11) is 0. The first-order valence-corrected chi connectivity index (χ1v) is 7.32. The summed E-state index contributed by atoms with van der Waals surface area (Å²) in [4.78, 5) is 12.0. The van der Waals surface area contributed by atoms with Crippen LogP contribution in [0.1, 0.15) is 31.2 Å². The maximum absolute atomic E-state index is 12.0. The molecule has 19 heavy (non-hydrogen) atoms. The van der Waals surface area contributed by atoms with Crippen molar-refractivity contribution in [1.29, 1.82) is 0 Å². The molecule has 1 aromatic rings. The predicted octanol–water partition coefficient (Wildman–Crippen LogP) is 2.71. The lowest BCUT2D eigenvalue weighted by molar-refractivity contribution is -0.120. The largest absolute Gasteiger partial charge is 0.376 e. The van der Waals surface area contributed by atoms with Gasteiger partial charge < -0.3 is 10.6 Å². The Kier molecular flexibility index (Phi) is 3.45. The van der Waals surface area contributed by atoms with Gasteiger partial charge in [0.15, 0.2) is 0 Å².